The van der Waals surface area contributed by atoms with Crippen LogP contribution in [-0.2, 0) is 11.3 Å². The van der Waals surface area contributed by atoms with Gasteiger partial charge < -0.3 is 5.11 Å². The van der Waals surface area contributed by atoms with Crippen molar-refractivity contribution in [3.05, 3.63) is 48.3 Å². The topological polar surface area (TPSA) is 66.3 Å². The first-order valence-electron chi connectivity index (χ1n) is 8.51. The molecule has 1 saturated heterocycles. The van der Waals surface area contributed by atoms with Crippen LogP contribution < -0.4 is 0 Å². The van der Waals surface area contributed by atoms with Crippen LogP contribution in [0.1, 0.15) is 31.2 Å². The van der Waals surface area contributed by atoms with Crippen molar-refractivity contribution in [2.24, 2.45) is 5.92 Å². The third-order valence-corrected chi connectivity index (χ3v) is 4.63. The number of piperidine rings is 1. The van der Waals surface area contributed by atoms with Gasteiger partial charge in [-0.2, -0.15) is 0 Å². The van der Waals surface area contributed by atoms with Crippen molar-refractivity contribution in [1.82, 2.24) is 14.9 Å². The molecule has 0 saturated carbocycles. The molecular formula is C19H23N3O2. The molecule has 5 nitrogen and oxygen atoms in total. The van der Waals surface area contributed by atoms with E-state index in [4.69, 9.17) is 5.11 Å². The highest BCUT2D eigenvalue weighted by Gasteiger charge is 2.19. The normalized spacial score (nSPS) is 16.2. The number of rotatable bonds is 6. The number of aromatic nitrogens is 2. The zero-order valence-electron chi connectivity index (χ0n) is 13.8. The Morgan fingerprint density at radius 1 is 1.12 bits per heavy atom. The van der Waals surface area contributed by atoms with Crippen LogP contribution in [-0.4, -0.2) is 39.0 Å². The number of hydrogen-bond acceptors (Lipinski definition) is 4. The van der Waals surface area contributed by atoms with Crippen molar-refractivity contribution < 1.29 is 9.90 Å². The highest BCUT2D eigenvalue weighted by molar-refractivity contribution is 5.66. The number of likely N-dealkylation sites (tertiary alicyclic amines) is 1. The summed E-state index contributed by atoms with van der Waals surface area (Å²) in [7, 11) is 0. The van der Waals surface area contributed by atoms with Gasteiger partial charge in [0.05, 0.1) is 11.4 Å². The van der Waals surface area contributed by atoms with Gasteiger partial charge >= 0.3 is 5.97 Å². The molecule has 0 aromatic carbocycles. The summed E-state index contributed by atoms with van der Waals surface area (Å²) in [5, 5.41) is 8.77. The minimum absolute atomic E-state index is 0.295. The van der Waals surface area contributed by atoms with Crippen LogP contribution in [0.15, 0.2) is 42.7 Å². The lowest BCUT2D eigenvalue weighted by Gasteiger charge is -2.31. The Hall–Kier alpha value is -2.27. The summed E-state index contributed by atoms with van der Waals surface area (Å²) in [5.74, 6) is -0.126. The van der Waals surface area contributed by atoms with E-state index in [0.29, 0.717) is 12.3 Å². The summed E-state index contributed by atoms with van der Waals surface area (Å²) >= 11 is 0. The second-order valence-electron chi connectivity index (χ2n) is 6.42. The predicted octanol–water partition coefficient (Wildman–Crippen LogP) is 3.22. The molecule has 0 spiro atoms. The molecule has 2 aromatic rings. The van der Waals surface area contributed by atoms with Crippen LogP contribution in [0.25, 0.3) is 11.4 Å². The van der Waals surface area contributed by atoms with E-state index in [2.05, 4.69) is 20.9 Å². The van der Waals surface area contributed by atoms with Crippen LogP contribution in [0.5, 0.6) is 0 Å². The Balaban J connectivity index is 1.50. The second-order valence-corrected chi connectivity index (χ2v) is 6.42. The van der Waals surface area contributed by atoms with Gasteiger partial charge in [-0.25, -0.2) is 0 Å². The fraction of sp³-hybridized carbons (Fsp3) is 0.421. The minimum Gasteiger partial charge on any atom is -0.481 e. The van der Waals surface area contributed by atoms with E-state index < -0.39 is 5.97 Å². The molecule has 1 N–H and O–H groups in total. The molecule has 3 rings (SSSR count). The lowest BCUT2D eigenvalue weighted by Crippen LogP contribution is -2.33. The Labute approximate surface area is 142 Å². The Kier molecular flexibility index (Phi) is 5.54. The van der Waals surface area contributed by atoms with Crippen molar-refractivity contribution in [1.29, 1.82) is 0 Å². The lowest BCUT2D eigenvalue weighted by atomic mass is 9.92. The lowest BCUT2D eigenvalue weighted by molar-refractivity contribution is -0.137. The molecule has 0 aliphatic carbocycles. The molecule has 1 fully saturated rings. The summed E-state index contributed by atoms with van der Waals surface area (Å²) in [6.45, 7) is 2.97. The average molecular weight is 325 g/mol. The fourth-order valence-corrected chi connectivity index (χ4v) is 3.20. The van der Waals surface area contributed by atoms with Crippen LogP contribution in [0, 0.1) is 5.92 Å². The van der Waals surface area contributed by atoms with Crippen molar-refractivity contribution in [3.8, 4) is 11.4 Å². The van der Waals surface area contributed by atoms with Gasteiger partial charge in [0, 0.05) is 25.4 Å². The van der Waals surface area contributed by atoms with E-state index in [1.807, 2.05) is 30.5 Å². The monoisotopic (exact) mass is 325 g/mol. The fourth-order valence-electron chi connectivity index (χ4n) is 3.20. The second kappa shape index (κ2) is 8.02. The highest BCUT2D eigenvalue weighted by atomic mass is 16.4. The molecule has 0 amide bonds. The maximum atomic E-state index is 10.7. The summed E-state index contributed by atoms with van der Waals surface area (Å²) < 4.78 is 0. The summed E-state index contributed by atoms with van der Waals surface area (Å²) in [6.07, 6.45) is 6.99. The average Bonchev–Trinajstić information content (AvgIpc) is 2.62. The number of nitrogens with zero attached hydrogens (tertiary/aromatic N) is 3. The molecular weight excluding hydrogens is 302 g/mol. The minimum atomic E-state index is -0.684. The molecule has 24 heavy (non-hydrogen) atoms. The van der Waals surface area contributed by atoms with Gasteiger partial charge in [0.15, 0.2) is 0 Å². The molecule has 0 atom stereocenters. The van der Waals surface area contributed by atoms with E-state index >= 15 is 0 Å². The molecule has 126 valence electrons. The van der Waals surface area contributed by atoms with Crippen molar-refractivity contribution in [2.45, 2.75) is 32.2 Å². The first-order chi connectivity index (χ1) is 11.7. The molecule has 2 aromatic heterocycles. The van der Waals surface area contributed by atoms with Gasteiger partial charge in [-0.15, -0.1) is 0 Å². The number of carbonyl (C=O) groups is 1. The predicted molar refractivity (Wildman–Crippen MR) is 92.3 cm³/mol. The Morgan fingerprint density at radius 3 is 2.54 bits per heavy atom. The quantitative estimate of drug-likeness (QED) is 0.883. The van der Waals surface area contributed by atoms with Crippen molar-refractivity contribution >= 4 is 5.97 Å². The maximum Gasteiger partial charge on any atom is 0.303 e. The maximum absolute atomic E-state index is 10.7. The molecule has 5 heteroatoms. The van der Waals surface area contributed by atoms with E-state index in [-0.39, 0.29) is 0 Å². The van der Waals surface area contributed by atoms with Gasteiger partial charge in [0.2, 0.25) is 0 Å². The third-order valence-electron chi connectivity index (χ3n) is 4.63. The summed E-state index contributed by atoms with van der Waals surface area (Å²) in [4.78, 5) is 21.9. The van der Waals surface area contributed by atoms with E-state index in [1.54, 1.807) is 6.20 Å². The van der Waals surface area contributed by atoms with Crippen LogP contribution >= 0.6 is 0 Å². The van der Waals surface area contributed by atoms with Crippen molar-refractivity contribution in [3.63, 3.8) is 0 Å². The van der Waals surface area contributed by atoms with Gasteiger partial charge in [-0.05, 0) is 62.0 Å². The molecule has 1 aliphatic heterocycles. The number of pyridine rings is 2. The van der Waals surface area contributed by atoms with E-state index in [0.717, 1.165) is 50.3 Å². The zero-order valence-corrected chi connectivity index (χ0v) is 13.8. The molecule has 0 bridgehead atoms. The first-order valence-corrected chi connectivity index (χ1v) is 8.51. The highest BCUT2D eigenvalue weighted by Crippen LogP contribution is 2.23. The molecule has 0 unspecified atom stereocenters. The number of hydrogen-bond donors (Lipinski definition) is 1. The number of carboxylic acids is 1. The Bertz CT molecular complexity index is 650. The largest absolute Gasteiger partial charge is 0.481 e. The van der Waals surface area contributed by atoms with Crippen LogP contribution in [0.2, 0.25) is 0 Å². The van der Waals surface area contributed by atoms with Crippen molar-refractivity contribution in [2.75, 3.05) is 13.1 Å². The molecule has 1 aliphatic rings. The number of aliphatic carboxylic acids is 1. The summed E-state index contributed by atoms with van der Waals surface area (Å²) in [6, 6.07) is 9.97. The third kappa shape index (κ3) is 4.61. The SMILES string of the molecule is O=C(O)CCC1CCN(Cc2ccc(-c3ccccn3)nc2)CC1. The smallest absolute Gasteiger partial charge is 0.303 e. The molecule has 0 radical (unpaired) electrons. The van der Waals surface area contributed by atoms with Crippen LogP contribution in [0.3, 0.4) is 0 Å². The first kappa shape index (κ1) is 16.6. The standard InChI is InChI=1S/C19H23N3O2/c23-19(24)7-5-15-8-11-22(12-9-15)14-16-4-6-18(21-13-16)17-3-1-2-10-20-17/h1-4,6,10,13,15H,5,7-9,11-12,14H2,(H,23,24). The van der Waals surface area contributed by atoms with Gasteiger partial charge in [0.1, 0.15) is 0 Å². The zero-order chi connectivity index (χ0) is 16.8. The number of carboxylic acid groups (broad SMARTS) is 1. The van der Waals surface area contributed by atoms with Gasteiger partial charge in [-0.1, -0.05) is 12.1 Å². The van der Waals surface area contributed by atoms with E-state index in [9.17, 15) is 4.79 Å². The summed E-state index contributed by atoms with van der Waals surface area (Å²) in [5.41, 5.74) is 2.99. The van der Waals surface area contributed by atoms with Gasteiger partial charge in [-0.3, -0.25) is 19.7 Å². The van der Waals surface area contributed by atoms with Crippen LogP contribution in [0.4, 0.5) is 0 Å². The Morgan fingerprint density at radius 2 is 1.92 bits per heavy atom. The van der Waals surface area contributed by atoms with Gasteiger partial charge in [0.25, 0.3) is 0 Å². The van der Waals surface area contributed by atoms with E-state index in [1.165, 1.54) is 5.56 Å². The molecule has 3 heterocycles.